The fourth-order valence-electron chi connectivity index (χ4n) is 2.72. The first kappa shape index (κ1) is 22.8. The maximum atomic E-state index is 12.4. The Labute approximate surface area is 206 Å². The van der Waals surface area contributed by atoms with Gasteiger partial charge in [0.15, 0.2) is 5.13 Å². The van der Waals surface area contributed by atoms with Gasteiger partial charge in [-0.2, -0.15) is 0 Å². The highest BCUT2D eigenvalue weighted by molar-refractivity contribution is 8.00. The Morgan fingerprint density at radius 3 is 2.66 bits per heavy atom. The SMILES string of the molecule is O=C(CSc1cccc(NC(=O)c2cccs2)c1)Nc1nc(-c2ccc(Cl)cc2Cl)cs1. The van der Waals surface area contributed by atoms with E-state index in [1.54, 1.807) is 24.3 Å². The van der Waals surface area contributed by atoms with Crippen molar-refractivity contribution in [3.63, 3.8) is 0 Å². The van der Waals surface area contributed by atoms with E-state index in [4.69, 9.17) is 23.2 Å². The van der Waals surface area contributed by atoms with Crippen LogP contribution in [0.3, 0.4) is 0 Å². The molecule has 0 atom stereocenters. The van der Waals surface area contributed by atoms with Gasteiger partial charge in [0.05, 0.1) is 21.3 Å². The van der Waals surface area contributed by atoms with E-state index in [-0.39, 0.29) is 17.6 Å². The molecule has 2 aromatic heterocycles. The zero-order chi connectivity index (χ0) is 22.5. The normalized spacial score (nSPS) is 10.7. The number of aromatic nitrogens is 1. The third-order valence-corrected chi connectivity index (χ3v) is 7.33. The lowest BCUT2D eigenvalue weighted by molar-refractivity contribution is -0.113. The minimum atomic E-state index is -0.175. The Morgan fingerprint density at radius 2 is 1.88 bits per heavy atom. The molecule has 4 rings (SSSR count). The van der Waals surface area contributed by atoms with Crippen LogP contribution in [0.2, 0.25) is 10.0 Å². The highest BCUT2D eigenvalue weighted by Gasteiger charge is 2.12. The molecule has 0 aliphatic rings. The summed E-state index contributed by atoms with van der Waals surface area (Å²) >= 11 is 16.3. The number of nitrogens with one attached hydrogen (secondary N) is 2. The second-order valence-electron chi connectivity index (χ2n) is 6.46. The summed E-state index contributed by atoms with van der Waals surface area (Å²) < 4.78 is 0. The number of thiophene rings is 1. The zero-order valence-electron chi connectivity index (χ0n) is 16.3. The van der Waals surface area contributed by atoms with Gasteiger partial charge in [0, 0.05) is 26.5 Å². The second kappa shape index (κ2) is 10.5. The van der Waals surface area contributed by atoms with Gasteiger partial charge in [0.2, 0.25) is 5.91 Å². The first-order valence-electron chi connectivity index (χ1n) is 9.26. The van der Waals surface area contributed by atoms with E-state index in [0.29, 0.717) is 31.4 Å². The molecular weight excluding hydrogens is 505 g/mol. The Morgan fingerprint density at radius 1 is 1.00 bits per heavy atom. The molecule has 0 aliphatic carbocycles. The van der Waals surface area contributed by atoms with Crippen molar-refractivity contribution in [1.29, 1.82) is 0 Å². The Kier molecular flexibility index (Phi) is 7.49. The molecule has 0 spiro atoms. The molecule has 162 valence electrons. The fourth-order valence-corrected chi connectivity index (χ4v) is 5.33. The Balaban J connectivity index is 1.32. The van der Waals surface area contributed by atoms with E-state index in [9.17, 15) is 9.59 Å². The van der Waals surface area contributed by atoms with Gasteiger partial charge in [0.25, 0.3) is 5.91 Å². The van der Waals surface area contributed by atoms with Crippen LogP contribution in [-0.4, -0.2) is 22.6 Å². The maximum Gasteiger partial charge on any atom is 0.265 e. The summed E-state index contributed by atoms with van der Waals surface area (Å²) in [4.78, 5) is 30.5. The highest BCUT2D eigenvalue weighted by Crippen LogP contribution is 2.32. The summed E-state index contributed by atoms with van der Waals surface area (Å²) in [5.74, 6) is -0.120. The highest BCUT2D eigenvalue weighted by atomic mass is 35.5. The number of thioether (sulfide) groups is 1. The van der Waals surface area contributed by atoms with Gasteiger partial charge in [-0.25, -0.2) is 4.98 Å². The molecule has 0 radical (unpaired) electrons. The van der Waals surface area contributed by atoms with Crippen LogP contribution in [0.15, 0.2) is 70.3 Å². The molecule has 2 N–H and O–H groups in total. The number of nitrogens with zero attached hydrogens (tertiary/aromatic N) is 1. The van der Waals surface area contributed by atoms with E-state index in [0.717, 1.165) is 10.5 Å². The van der Waals surface area contributed by atoms with Crippen molar-refractivity contribution >= 4 is 80.3 Å². The third kappa shape index (κ3) is 5.90. The van der Waals surface area contributed by atoms with E-state index in [1.165, 1.54) is 34.4 Å². The predicted molar refractivity (Wildman–Crippen MR) is 136 cm³/mol. The van der Waals surface area contributed by atoms with Crippen molar-refractivity contribution in [1.82, 2.24) is 4.98 Å². The number of amides is 2. The van der Waals surface area contributed by atoms with Crippen LogP contribution in [-0.2, 0) is 4.79 Å². The molecule has 2 aromatic carbocycles. The van der Waals surface area contributed by atoms with Gasteiger partial charge in [-0.15, -0.1) is 34.4 Å². The molecule has 0 bridgehead atoms. The lowest BCUT2D eigenvalue weighted by Gasteiger charge is -2.07. The fraction of sp³-hybridized carbons (Fsp3) is 0.0455. The van der Waals surface area contributed by atoms with Crippen LogP contribution in [0.5, 0.6) is 0 Å². The van der Waals surface area contributed by atoms with Crippen molar-refractivity contribution in [2.75, 3.05) is 16.4 Å². The standard InChI is InChI=1S/C22H15Cl2N3O2S3/c23-13-6-7-16(17(24)9-13)18-11-32-22(26-18)27-20(28)12-31-15-4-1-3-14(10-15)25-21(29)19-5-2-8-30-19/h1-11H,12H2,(H,25,29)(H,26,27,28). The van der Waals surface area contributed by atoms with Crippen molar-refractivity contribution < 1.29 is 9.59 Å². The first-order chi connectivity index (χ1) is 15.5. The molecule has 10 heteroatoms. The quantitative estimate of drug-likeness (QED) is 0.254. The number of thiazole rings is 1. The molecule has 32 heavy (non-hydrogen) atoms. The number of carbonyl (C=O) groups excluding carboxylic acids is 2. The average molecular weight is 520 g/mol. The lowest BCUT2D eigenvalue weighted by atomic mass is 10.2. The molecule has 2 amide bonds. The van der Waals surface area contributed by atoms with Crippen LogP contribution < -0.4 is 10.6 Å². The number of rotatable bonds is 7. The summed E-state index contributed by atoms with van der Waals surface area (Å²) in [6, 6.07) is 16.2. The number of carbonyl (C=O) groups is 2. The van der Waals surface area contributed by atoms with E-state index < -0.39 is 0 Å². The summed E-state index contributed by atoms with van der Waals surface area (Å²) in [5.41, 5.74) is 2.11. The molecular formula is C22H15Cl2N3O2S3. The zero-order valence-corrected chi connectivity index (χ0v) is 20.3. The minimum Gasteiger partial charge on any atom is -0.321 e. The summed E-state index contributed by atoms with van der Waals surface area (Å²) in [6.07, 6.45) is 0. The van der Waals surface area contributed by atoms with E-state index in [1.807, 2.05) is 41.1 Å². The van der Waals surface area contributed by atoms with E-state index in [2.05, 4.69) is 15.6 Å². The molecule has 2 heterocycles. The van der Waals surface area contributed by atoms with Crippen LogP contribution >= 0.6 is 57.6 Å². The molecule has 0 unspecified atom stereocenters. The van der Waals surface area contributed by atoms with Crippen LogP contribution in [0, 0.1) is 0 Å². The van der Waals surface area contributed by atoms with Crippen LogP contribution in [0.25, 0.3) is 11.3 Å². The Hall–Kier alpha value is -2.36. The third-order valence-electron chi connectivity index (χ3n) is 4.16. The van der Waals surface area contributed by atoms with Gasteiger partial charge in [-0.3, -0.25) is 9.59 Å². The largest absolute Gasteiger partial charge is 0.321 e. The topological polar surface area (TPSA) is 71.1 Å². The molecule has 5 nitrogen and oxygen atoms in total. The molecule has 0 fully saturated rings. The van der Waals surface area contributed by atoms with Crippen molar-refractivity contribution in [3.8, 4) is 11.3 Å². The molecule has 0 saturated heterocycles. The monoisotopic (exact) mass is 519 g/mol. The number of hydrogen-bond donors (Lipinski definition) is 2. The van der Waals surface area contributed by atoms with Gasteiger partial charge < -0.3 is 10.6 Å². The average Bonchev–Trinajstić information content (AvgIpc) is 3.45. The summed E-state index contributed by atoms with van der Waals surface area (Å²) in [7, 11) is 0. The van der Waals surface area contributed by atoms with Gasteiger partial charge in [0.1, 0.15) is 0 Å². The van der Waals surface area contributed by atoms with E-state index >= 15 is 0 Å². The number of halogens is 2. The van der Waals surface area contributed by atoms with Crippen molar-refractivity contribution in [3.05, 3.63) is 80.3 Å². The summed E-state index contributed by atoms with van der Waals surface area (Å²) in [5, 5.41) is 10.9. The number of anilines is 2. The second-order valence-corrected chi connectivity index (χ2v) is 10.2. The molecule has 0 aliphatic heterocycles. The van der Waals surface area contributed by atoms with Gasteiger partial charge in [-0.1, -0.05) is 35.3 Å². The summed E-state index contributed by atoms with van der Waals surface area (Å²) in [6.45, 7) is 0. The van der Waals surface area contributed by atoms with Crippen LogP contribution in [0.1, 0.15) is 9.67 Å². The first-order valence-corrected chi connectivity index (χ1v) is 12.8. The van der Waals surface area contributed by atoms with Gasteiger partial charge >= 0.3 is 0 Å². The Bertz CT molecular complexity index is 1260. The minimum absolute atomic E-state index is 0.153. The maximum absolute atomic E-state index is 12.4. The molecule has 4 aromatic rings. The number of hydrogen-bond acceptors (Lipinski definition) is 6. The van der Waals surface area contributed by atoms with Crippen molar-refractivity contribution in [2.45, 2.75) is 4.90 Å². The smallest absolute Gasteiger partial charge is 0.265 e. The predicted octanol–water partition coefficient (Wildman–Crippen LogP) is 7.16. The number of benzene rings is 2. The van der Waals surface area contributed by atoms with Crippen LogP contribution in [0.4, 0.5) is 10.8 Å². The van der Waals surface area contributed by atoms with Gasteiger partial charge in [-0.05, 0) is 47.8 Å². The lowest BCUT2D eigenvalue weighted by Crippen LogP contribution is -2.14. The van der Waals surface area contributed by atoms with Crippen molar-refractivity contribution in [2.24, 2.45) is 0 Å². The molecule has 0 saturated carbocycles.